The average Bonchev–Trinajstić information content (AvgIpc) is 2.34. The van der Waals surface area contributed by atoms with Gasteiger partial charge in [0.2, 0.25) is 0 Å². The minimum absolute atomic E-state index is 0.174. The van der Waals surface area contributed by atoms with Gasteiger partial charge in [-0.05, 0) is 38.7 Å². The zero-order valence-electron chi connectivity index (χ0n) is 10.6. The van der Waals surface area contributed by atoms with Crippen LogP contribution in [0.3, 0.4) is 0 Å². The zero-order chi connectivity index (χ0) is 13.1. The molecule has 0 saturated heterocycles. The minimum atomic E-state index is -0.336. The number of nitro benzene ring substituents is 1. The summed E-state index contributed by atoms with van der Waals surface area (Å²) in [6.07, 6.45) is 4.10. The fourth-order valence-electron chi connectivity index (χ4n) is 2.46. The van der Waals surface area contributed by atoms with Crippen molar-refractivity contribution < 1.29 is 4.92 Å². The predicted molar refractivity (Wildman–Crippen MR) is 71.7 cm³/mol. The Bertz CT molecular complexity index is 440. The fraction of sp³-hybridized carbons (Fsp3) is 0.538. The van der Waals surface area contributed by atoms with Gasteiger partial charge in [0.05, 0.1) is 4.92 Å². The predicted octanol–water partition coefficient (Wildman–Crippen LogP) is 2.59. The number of hydrogen-bond acceptors (Lipinski definition) is 4. The summed E-state index contributed by atoms with van der Waals surface area (Å²) in [5, 5.41) is 14.3. The van der Waals surface area contributed by atoms with Gasteiger partial charge in [0, 0.05) is 29.4 Å². The van der Waals surface area contributed by atoms with E-state index in [0.29, 0.717) is 17.6 Å². The van der Waals surface area contributed by atoms with Crippen LogP contribution in [0.2, 0.25) is 0 Å². The summed E-state index contributed by atoms with van der Waals surface area (Å²) in [5.41, 5.74) is 7.61. The van der Waals surface area contributed by atoms with E-state index in [1.807, 2.05) is 6.07 Å². The number of nitro groups is 1. The van der Waals surface area contributed by atoms with E-state index in [9.17, 15) is 10.1 Å². The molecule has 0 amide bonds. The molecule has 18 heavy (non-hydrogen) atoms. The molecule has 3 N–H and O–H groups in total. The van der Waals surface area contributed by atoms with Crippen LogP contribution in [0.15, 0.2) is 18.2 Å². The van der Waals surface area contributed by atoms with E-state index in [2.05, 4.69) is 5.32 Å². The summed E-state index contributed by atoms with van der Waals surface area (Å²) in [5.74, 6) is 0. The van der Waals surface area contributed by atoms with Crippen molar-refractivity contribution in [2.24, 2.45) is 5.73 Å². The lowest BCUT2D eigenvalue weighted by Gasteiger charge is -2.28. The Balaban J connectivity index is 2.10. The van der Waals surface area contributed by atoms with Crippen molar-refractivity contribution in [3.63, 3.8) is 0 Å². The highest BCUT2D eigenvalue weighted by Gasteiger charge is 2.20. The molecule has 0 unspecified atom stereocenters. The maximum Gasteiger partial charge on any atom is 0.274 e. The van der Waals surface area contributed by atoms with Crippen molar-refractivity contribution in [1.29, 1.82) is 0 Å². The average molecular weight is 249 g/mol. The van der Waals surface area contributed by atoms with Crippen LogP contribution < -0.4 is 11.1 Å². The van der Waals surface area contributed by atoms with Crippen molar-refractivity contribution in [2.75, 3.05) is 5.32 Å². The van der Waals surface area contributed by atoms with E-state index >= 15 is 0 Å². The van der Waals surface area contributed by atoms with Crippen LogP contribution in [-0.2, 0) is 0 Å². The Kier molecular flexibility index (Phi) is 3.81. The summed E-state index contributed by atoms with van der Waals surface area (Å²) < 4.78 is 0. The summed E-state index contributed by atoms with van der Waals surface area (Å²) in [4.78, 5) is 10.5. The lowest BCUT2D eigenvalue weighted by molar-refractivity contribution is -0.385. The van der Waals surface area contributed by atoms with Crippen LogP contribution in [0.5, 0.6) is 0 Å². The molecule has 98 valence electrons. The van der Waals surface area contributed by atoms with E-state index in [4.69, 9.17) is 5.73 Å². The maximum atomic E-state index is 10.9. The first-order chi connectivity index (χ1) is 8.58. The van der Waals surface area contributed by atoms with Gasteiger partial charge in [0.25, 0.3) is 5.69 Å². The highest BCUT2D eigenvalue weighted by atomic mass is 16.6. The first kappa shape index (κ1) is 12.8. The molecule has 0 aromatic heterocycles. The fourth-order valence-corrected chi connectivity index (χ4v) is 2.46. The minimum Gasteiger partial charge on any atom is -0.382 e. The third-order valence-corrected chi connectivity index (χ3v) is 3.63. The highest BCUT2D eigenvalue weighted by molar-refractivity contribution is 5.60. The number of nitrogens with one attached hydrogen (secondary N) is 1. The molecule has 0 spiro atoms. The van der Waals surface area contributed by atoms with Crippen LogP contribution in [0.25, 0.3) is 0 Å². The van der Waals surface area contributed by atoms with Crippen molar-refractivity contribution >= 4 is 11.4 Å². The Labute approximate surface area is 107 Å². The SMILES string of the molecule is Cc1c(NC2CCC(N)CC2)cccc1[N+](=O)[O-]. The van der Waals surface area contributed by atoms with Gasteiger partial charge in [-0.3, -0.25) is 10.1 Å². The Morgan fingerprint density at radius 1 is 1.33 bits per heavy atom. The molecule has 0 radical (unpaired) electrons. The first-order valence-corrected chi connectivity index (χ1v) is 6.34. The molecule has 1 aromatic rings. The largest absolute Gasteiger partial charge is 0.382 e. The van der Waals surface area contributed by atoms with Gasteiger partial charge in [0.15, 0.2) is 0 Å². The molecule has 1 aliphatic carbocycles. The van der Waals surface area contributed by atoms with Crippen molar-refractivity contribution in [2.45, 2.75) is 44.7 Å². The molecule has 0 atom stereocenters. The van der Waals surface area contributed by atoms with E-state index in [1.165, 1.54) is 6.07 Å². The van der Waals surface area contributed by atoms with Crippen molar-refractivity contribution in [3.8, 4) is 0 Å². The molecule has 5 nitrogen and oxygen atoms in total. The summed E-state index contributed by atoms with van der Waals surface area (Å²) >= 11 is 0. The number of nitrogens with two attached hydrogens (primary N) is 1. The molecule has 0 heterocycles. The monoisotopic (exact) mass is 249 g/mol. The van der Waals surface area contributed by atoms with Gasteiger partial charge in [-0.15, -0.1) is 0 Å². The summed E-state index contributed by atoms with van der Waals surface area (Å²) in [6, 6.07) is 5.86. The third kappa shape index (κ3) is 2.79. The van der Waals surface area contributed by atoms with Crippen LogP contribution in [-0.4, -0.2) is 17.0 Å². The van der Waals surface area contributed by atoms with E-state index in [0.717, 1.165) is 31.4 Å². The topological polar surface area (TPSA) is 81.2 Å². The zero-order valence-corrected chi connectivity index (χ0v) is 10.6. The lowest BCUT2D eigenvalue weighted by atomic mass is 9.91. The molecule has 1 aliphatic rings. The molecule has 0 bridgehead atoms. The Morgan fingerprint density at radius 3 is 2.61 bits per heavy atom. The number of benzene rings is 1. The van der Waals surface area contributed by atoms with E-state index in [1.54, 1.807) is 13.0 Å². The van der Waals surface area contributed by atoms with Crippen LogP contribution in [0, 0.1) is 17.0 Å². The second-order valence-electron chi connectivity index (χ2n) is 4.96. The normalized spacial score (nSPS) is 23.7. The van der Waals surface area contributed by atoms with Crippen LogP contribution >= 0.6 is 0 Å². The first-order valence-electron chi connectivity index (χ1n) is 6.34. The van der Waals surface area contributed by atoms with Crippen molar-refractivity contribution in [1.82, 2.24) is 0 Å². The molecule has 2 rings (SSSR count). The summed E-state index contributed by atoms with van der Waals surface area (Å²) in [6.45, 7) is 1.79. The Morgan fingerprint density at radius 2 is 2.00 bits per heavy atom. The second-order valence-corrected chi connectivity index (χ2v) is 4.96. The van der Waals surface area contributed by atoms with Crippen molar-refractivity contribution in [3.05, 3.63) is 33.9 Å². The standard InChI is InChI=1S/C13H19N3O2/c1-9-12(3-2-4-13(9)16(17)18)15-11-7-5-10(14)6-8-11/h2-4,10-11,15H,5-8,14H2,1H3. The Hall–Kier alpha value is -1.62. The van der Waals surface area contributed by atoms with Gasteiger partial charge < -0.3 is 11.1 Å². The summed E-state index contributed by atoms with van der Waals surface area (Å²) in [7, 11) is 0. The molecule has 0 aliphatic heterocycles. The molecular formula is C13H19N3O2. The highest BCUT2D eigenvalue weighted by Crippen LogP contribution is 2.28. The quantitative estimate of drug-likeness (QED) is 0.637. The smallest absolute Gasteiger partial charge is 0.274 e. The van der Waals surface area contributed by atoms with Crippen LogP contribution in [0.1, 0.15) is 31.2 Å². The second kappa shape index (κ2) is 5.35. The van der Waals surface area contributed by atoms with Gasteiger partial charge in [-0.2, -0.15) is 0 Å². The molecular weight excluding hydrogens is 230 g/mol. The van der Waals surface area contributed by atoms with E-state index < -0.39 is 0 Å². The molecule has 1 aromatic carbocycles. The lowest BCUT2D eigenvalue weighted by Crippen LogP contribution is -2.32. The van der Waals surface area contributed by atoms with Gasteiger partial charge in [-0.1, -0.05) is 6.07 Å². The number of anilines is 1. The number of rotatable bonds is 3. The number of nitrogens with zero attached hydrogens (tertiary/aromatic N) is 1. The molecule has 1 saturated carbocycles. The van der Waals surface area contributed by atoms with E-state index in [-0.39, 0.29) is 10.6 Å². The van der Waals surface area contributed by atoms with Crippen LogP contribution in [0.4, 0.5) is 11.4 Å². The number of hydrogen-bond donors (Lipinski definition) is 2. The molecule has 1 fully saturated rings. The van der Waals surface area contributed by atoms with Gasteiger partial charge >= 0.3 is 0 Å². The third-order valence-electron chi connectivity index (χ3n) is 3.63. The molecule has 5 heteroatoms. The maximum absolute atomic E-state index is 10.9. The van der Waals surface area contributed by atoms with Gasteiger partial charge in [0.1, 0.15) is 0 Å². The van der Waals surface area contributed by atoms with Gasteiger partial charge in [-0.25, -0.2) is 0 Å².